The second-order valence-electron chi connectivity index (χ2n) is 5.70. The average Bonchev–Trinajstić information content (AvgIpc) is 3.08. The fraction of sp³-hybridized carbons (Fsp3) is 0.533. The smallest absolute Gasteiger partial charge is 0.312 e. The van der Waals surface area contributed by atoms with Gasteiger partial charge in [0.05, 0.1) is 18.6 Å². The molecule has 1 aliphatic heterocycles. The highest BCUT2D eigenvalue weighted by Gasteiger charge is 2.40. The molecule has 18 heavy (non-hydrogen) atoms. The molecule has 98 valence electrons. The molecule has 0 spiro atoms. The van der Waals surface area contributed by atoms with Gasteiger partial charge in [-0.3, -0.25) is 4.79 Å². The zero-order valence-corrected chi connectivity index (χ0v) is 11.2. The van der Waals surface area contributed by atoms with E-state index in [0.717, 1.165) is 5.56 Å². The first-order chi connectivity index (χ1) is 8.46. The normalized spacial score (nSPS) is 20.3. The second kappa shape index (κ2) is 5.11. The van der Waals surface area contributed by atoms with Crippen molar-refractivity contribution in [3.8, 4) is 0 Å². The van der Waals surface area contributed by atoms with Gasteiger partial charge < -0.3 is 9.47 Å². The Bertz CT molecular complexity index is 401. The standard InChI is InChI=1S/C15H20O3/c1-15(2,3)18-14(16)12(13-10-17-13)9-11-7-5-4-6-8-11/h4-8,12-13H,9-10H2,1-3H3/t12-,13+/m1/s1. The van der Waals surface area contributed by atoms with Gasteiger partial charge in [-0.1, -0.05) is 30.3 Å². The van der Waals surface area contributed by atoms with E-state index in [1.54, 1.807) is 0 Å². The van der Waals surface area contributed by atoms with E-state index in [-0.39, 0.29) is 18.0 Å². The van der Waals surface area contributed by atoms with Crippen molar-refractivity contribution in [1.29, 1.82) is 0 Å². The molecule has 0 unspecified atom stereocenters. The van der Waals surface area contributed by atoms with Gasteiger partial charge in [0.25, 0.3) is 0 Å². The number of carbonyl (C=O) groups is 1. The minimum Gasteiger partial charge on any atom is -0.460 e. The predicted molar refractivity (Wildman–Crippen MR) is 69.2 cm³/mol. The highest BCUT2D eigenvalue weighted by molar-refractivity contribution is 5.74. The van der Waals surface area contributed by atoms with Gasteiger partial charge in [-0.25, -0.2) is 0 Å². The summed E-state index contributed by atoms with van der Waals surface area (Å²) < 4.78 is 10.7. The third-order valence-corrected chi connectivity index (χ3v) is 2.82. The molecule has 0 bridgehead atoms. The largest absolute Gasteiger partial charge is 0.460 e. The van der Waals surface area contributed by atoms with Crippen molar-refractivity contribution >= 4 is 5.97 Å². The maximum atomic E-state index is 12.1. The van der Waals surface area contributed by atoms with E-state index < -0.39 is 5.60 Å². The number of hydrogen-bond donors (Lipinski definition) is 0. The highest BCUT2D eigenvalue weighted by Crippen LogP contribution is 2.26. The van der Waals surface area contributed by atoms with Gasteiger partial charge in [-0.15, -0.1) is 0 Å². The molecular formula is C15H20O3. The van der Waals surface area contributed by atoms with Crippen LogP contribution < -0.4 is 0 Å². The molecule has 1 heterocycles. The first-order valence-electron chi connectivity index (χ1n) is 6.34. The summed E-state index contributed by atoms with van der Waals surface area (Å²) in [6, 6.07) is 9.99. The Balaban J connectivity index is 2.02. The molecule has 3 nitrogen and oxygen atoms in total. The SMILES string of the molecule is CC(C)(C)OC(=O)[C@H](Cc1ccccc1)[C@@H]1CO1. The summed E-state index contributed by atoms with van der Waals surface area (Å²) in [5.74, 6) is -0.347. The van der Waals surface area contributed by atoms with E-state index >= 15 is 0 Å². The first-order valence-corrected chi connectivity index (χ1v) is 6.34. The Kier molecular flexibility index (Phi) is 3.71. The lowest BCUT2D eigenvalue weighted by molar-refractivity contribution is -0.160. The third-order valence-electron chi connectivity index (χ3n) is 2.82. The summed E-state index contributed by atoms with van der Waals surface area (Å²) >= 11 is 0. The van der Waals surface area contributed by atoms with Gasteiger partial charge >= 0.3 is 5.97 Å². The van der Waals surface area contributed by atoms with Crippen LogP contribution in [-0.4, -0.2) is 24.3 Å². The van der Waals surface area contributed by atoms with Crippen LogP contribution in [0.4, 0.5) is 0 Å². The summed E-state index contributed by atoms with van der Waals surface area (Å²) in [6.45, 7) is 6.32. The number of epoxide rings is 1. The van der Waals surface area contributed by atoms with Gasteiger partial charge in [0, 0.05) is 0 Å². The maximum Gasteiger partial charge on any atom is 0.312 e. The van der Waals surface area contributed by atoms with E-state index in [2.05, 4.69) is 0 Å². The first kappa shape index (κ1) is 13.1. The van der Waals surface area contributed by atoms with Crippen molar-refractivity contribution in [3.63, 3.8) is 0 Å². The maximum absolute atomic E-state index is 12.1. The fourth-order valence-electron chi connectivity index (χ4n) is 1.90. The summed E-state index contributed by atoms with van der Waals surface area (Å²) in [5.41, 5.74) is 0.699. The molecule has 1 aromatic rings. The van der Waals surface area contributed by atoms with E-state index in [4.69, 9.17) is 9.47 Å². The molecule has 2 atom stereocenters. The van der Waals surface area contributed by atoms with Crippen LogP contribution in [0.5, 0.6) is 0 Å². The van der Waals surface area contributed by atoms with Crippen molar-refractivity contribution in [2.24, 2.45) is 5.92 Å². The van der Waals surface area contributed by atoms with Crippen molar-refractivity contribution < 1.29 is 14.3 Å². The van der Waals surface area contributed by atoms with Crippen LogP contribution >= 0.6 is 0 Å². The Morgan fingerprint density at radius 3 is 2.50 bits per heavy atom. The molecule has 1 aliphatic rings. The summed E-state index contributed by atoms with van der Waals surface area (Å²) in [4.78, 5) is 12.1. The van der Waals surface area contributed by atoms with Crippen molar-refractivity contribution in [3.05, 3.63) is 35.9 Å². The Labute approximate surface area is 108 Å². The molecule has 2 rings (SSSR count). The number of benzene rings is 1. The van der Waals surface area contributed by atoms with Crippen LogP contribution in [0.25, 0.3) is 0 Å². The monoisotopic (exact) mass is 248 g/mol. The van der Waals surface area contributed by atoms with Crippen molar-refractivity contribution in [2.75, 3.05) is 6.61 Å². The summed E-state index contributed by atoms with van der Waals surface area (Å²) in [6.07, 6.45) is 0.709. The summed E-state index contributed by atoms with van der Waals surface area (Å²) in [5, 5.41) is 0. The lowest BCUT2D eigenvalue weighted by Gasteiger charge is -2.23. The minimum atomic E-state index is -0.444. The molecule has 0 aromatic heterocycles. The van der Waals surface area contributed by atoms with Crippen LogP contribution in [0.2, 0.25) is 0 Å². The van der Waals surface area contributed by atoms with E-state index in [0.29, 0.717) is 13.0 Å². The molecule has 3 heteroatoms. The van der Waals surface area contributed by atoms with E-state index in [1.165, 1.54) is 0 Å². The average molecular weight is 248 g/mol. The van der Waals surface area contributed by atoms with Gasteiger partial charge in [0.1, 0.15) is 5.60 Å². The molecule has 0 radical (unpaired) electrons. The van der Waals surface area contributed by atoms with Gasteiger partial charge in [-0.05, 0) is 32.8 Å². The van der Waals surface area contributed by atoms with Crippen LogP contribution in [0.3, 0.4) is 0 Å². The molecule has 1 saturated heterocycles. The lowest BCUT2D eigenvalue weighted by atomic mass is 9.96. The Morgan fingerprint density at radius 1 is 1.39 bits per heavy atom. The van der Waals surface area contributed by atoms with Gasteiger partial charge in [0.2, 0.25) is 0 Å². The topological polar surface area (TPSA) is 38.8 Å². The summed E-state index contributed by atoms with van der Waals surface area (Å²) in [7, 11) is 0. The van der Waals surface area contributed by atoms with Crippen molar-refractivity contribution in [2.45, 2.75) is 38.9 Å². The molecule has 0 N–H and O–H groups in total. The number of rotatable bonds is 4. The van der Waals surface area contributed by atoms with E-state index in [1.807, 2.05) is 51.1 Å². The minimum absolute atomic E-state index is 0.0278. The number of ether oxygens (including phenoxy) is 2. The number of esters is 1. The predicted octanol–water partition coefficient (Wildman–Crippen LogP) is 2.59. The van der Waals surface area contributed by atoms with Crippen molar-refractivity contribution in [1.82, 2.24) is 0 Å². The number of carbonyl (C=O) groups excluding carboxylic acids is 1. The zero-order chi connectivity index (χ0) is 13.2. The Hall–Kier alpha value is -1.35. The molecule has 1 fully saturated rings. The Morgan fingerprint density at radius 2 is 2.00 bits per heavy atom. The van der Waals surface area contributed by atoms with Crippen LogP contribution in [-0.2, 0) is 20.7 Å². The molecule has 1 aromatic carbocycles. The van der Waals surface area contributed by atoms with Crippen LogP contribution in [0.1, 0.15) is 26.3 Å². The second-order valence-corrected chi connectivity index (χ2v) is 5.70. The quantitative estimate of drug-likeness (QED) is 0.607. The van der Waals surface area contributed by atoms with Crippen LogP contribution in [0, 0.1) is 5.92 Å². The highest BCUT2D eigenvalue weighted by atomic mass is 16.6. The van der Waals surface area contributed by atoms with Gasteiger partial charge in [0.15, 0.2) is 0 Å². The van der Waals surface area contributed by atoms with Crippen LogP contribution in [0.15, 0.2) is 30.3 Å². The zero-order valence-electron chi connectivity index (χ0n) is 11.2. The molecule has 0 aliphatic carbocycles. The van der Waals surface area contributed by atoms with E-state index in [9.17, 15) is 4.79 Å². The third kappa shape index (κ3) is 3.84. The molecule has 0 amide bonds. The molecule has 0 saturated carbocycles. The lowest BCUT2D eigenvalue weighted by Crippen LogP contribution is -2.32. The van der Waals surface area contributed by atoms with Gasteiger partial charge in [-0.2, -0.15) is 0 Å². The molecular weight excluding hydrogens is 228 g/mol. The fourth-order valence-corrected chi connectivity index (χ4v) is 1.90. The number of hydrogen-bond acceptors (Lipinski definition) is 3.